The van der Waals surface area contributed by atoms with Crippen LogP contribution in [0.3, 0.4) is 0 Å². The van der Waals surface area contributed by atoms with Crippen LogP contribution >= 0.6 is 11.3 Å². The zero-order valence-corrected chi connectivity index (χ0v) is 19.5. The molecule has 32 heavy (non-hydrogen) atoms. The first-order chi connectivity index (χ1) is 15.4. The number of thiazole rings is 1. The van der Waals surface area contributed by atoms with Crippen LogP contribution < -0.4 is 15.5 Å². The monoisotopic (exact) mass is 450 g/mol. The molecule has 0 saturated carbocycles. The second kappa shape index (κ2) is 9.00. The number of fused-ring (bicyclic) bond motifs is 1. The van der Waals surface area contributed by atoms with Gasteiger partial charge in [-0.1, -0.05) is 25.1 Å². The predicted octanol–water partition coefficient (Wildman–Crippen LogP) is 3.72. The topological polar surface area (TPSA) is 77.6 Å². The molecule has 0 aliphatic heterocycles. The second-order valence-corrected chi connectivity index (χ2v) is 8.88. The molecule has 7 nitrogen and oxygen atoms in total. The van der Waals surface area contributed by atoms with Crippen molar-refractivity contribution in [3.8, 4) is 5.75 Å². The summed E-state index contributed by atoms with van der Waals surface area (Å²) in [6.07, 6.45) is 4.45. The van der Waals surface area contributed by atoms with Crippen molar-refractivity contribution in [2.24, 2.45) is 0 Å². The Labute approximate surface area is 190 Å². The van der Waals surface area contributed by atoms with Crippen molar-refractivity contribution < 1.29 is 9.53 Å². The SMILES string of the molecule is CCc1c(C(=O)NCc2cn3cc(C)sc3n2)c(=O)cc(C)n1Cc1ccccc1OC. The summed E-state index contributed by atoms with van der Waals surface area (Å²) >= 11 is 1.60. The highest BCUT2D eigenvalue weighted by Gasteiger charge is 2.20. The molecule has 8 heteroatoms. The molecular weight excluding hydrogens is 424 g/mol. The molecule has 0 aliphatic rings. The number of hydrogen-bond donors (Lipinski definition) is 1. The van der Waals surface area contributed by atoms with Gasteiger partial charge in [-0.2, -0.15) is 0 Å². The molecule has 0 bridgehead atoms. The lowest BCUT2D eigenvalue weighted by atomic mass is 10.1. The van der Waals surface area contributed by atoms with E-state index in [0.717, 1.165) is 27.7 Å². The summed E-state index contributed by atoms with van der Waals surface area (Å²) in [6.45, 7) is 6.64. The minimum atomic E-state index is -0.381. The number of aryl methyl sites for hydroxylation is 2. The third kappa shape index (κ3) is 4.18. The Balaban J connectivity index is 1.63. The van der Waals surface area contributed by atoms with Crippen molar-refractivity contribution in [2.75, 3.05) is 7.11 Å². The number of carbonyl (C=O) groups excluding carboxylic acids is 1. The van der Waals surface area contributed by atoms with E-state index in [1.807, 2.05) is 66.4 Å². The van der Waals surface area contributed by atoms with Crippen molar-refractivity contribution in [2.45, 2.75) is 40.3 Å². The minimum absolute atomic E-state index is 0.185. The Bertz CT molecular complexity index is 1320. The van der Waals surface area contributed by atoms with Crippen LogP contribution in [0.2, 0.25) is 0 Å². The van der Waals surface area contributed by atoms with Gasteiger partial charge in [0, 0.05) is 40.3 Å². The normalized spacial score (nSPS) is 11.1. The van der Waals surface area contributed by atoms with Crippen molar-refractivity contribution in [3.05, 3.63) is 86.0 Å². The fraction of sp³-hybridized carbons (Fsp3) is 0.292. The molecular formula is C24H26N4O3S. The summed E-state index contributed by atoms with van der Waals surface area (Å²) in [6, 6.07) is 9.29. The molecule has 0 fully saturated rings. The summed E-state index contributed by atoms with van der Waals surface area (Å²) in [4.78, 5) is 32.5. The molecule has 4 aromatic rings. The summed E-state index contributed by atoms with van der Waals surface area (Å²) in [7, 11) is 1.64. The highest BCUT2D eigenvalue weighted by molar-refractivity contribution is 7.16. The predicted molar refractivity (Wildman–Crippen MR) is 126 cm³/mol. The molecule has 0 atom stereocenters. The van der Waals surface area contributed by atoms with E-state index in [9.17, 15) is 9.59 Å². The molecule has 1 aromatic carbocycles. The Kier molecular flexibility index (Phi) is 6.14. The van der Waals surface area contributed by atoms with Gasteiger partial charge in [0.2, 0.25) is 0 Å². The maximum atomic E-state index is 13.1. The summed E-state index contributed by atoms with van der Waals surface area (Å²) in [5.74, 6) is 0.391. The van der Waals surface area contributed by atoms with E-state index in [1.54, 1.807) is 18.4 Å². The molecule has 3 aromatic heterocycles. The third-order valence-corrected chi connectivity index (χ3v) is 6.37. The van der Waals surface area contributed by atoms with E-state index in [-0.39, 0.29) is 23.4 Å². The number of ether oxygens (including phenoxy) is 1. The molecule has 0 unspecified atom stereocenters. The van der Waals surface area contributed by atoms with Gasteiger partial charge in [0.1, 0.15) is 11.3 Å². The number of carbonyl (C=O) groups is 1. The molecule has 0 spiro atoms. The molecule has 4 rings (SSSR count). The number of nitrogens with one attached hydrogen (secondary N) is 1. The number of para-hydroxylation sites is 1. The van der Waals surface area contributed by atoms with Crippen molar-refractivity contribution in [1.29, 1.82) is 0 Å². The average molecular weight is 451 g/mol. The molecule has 1 N–H and O–H groups in total. The third-order valence-electron chi connectivity index (χ3n) is 5.46. The lowest BCUT2D eigenvalue weighted by Gasteiger charge is -2.20. The van der Waals surface area contributed by atoms with E-state index < -0.39 is 0 Å². The lowest BCUT2D eigenvalue weighted by molar-refractivity contribution is 0.0947. The van der Waals surface area contributed by atoms with Crippen molar-refractivity contribution >= 4 is 22.2 Å². The van der Waals surface area contributed by atoms with Crippen LogP contribution in [-0.4, -0.2) is 27.0 Å². The van der Waals surface area contributed by atoms with Gasteiger partial charge in [0.25, 0.3) is 5.91 Å². The fourth-order valence-electron chi connectivity index (χ4n) is 3.97. The van der Waals surface area contributed by atoms with E-state index >= 15 is 0 Å². The van der Waals surface area contributed by atoms with Gasteiger partial charge in [-0.15, -0.1) is 11.3 Å². The summed E-state index contributed by atoms with van der Waals surface area (Å²) in [5.41, 5.74) is 3.17. The zero-order chi connectivity index (χ0) is 22.8. The van der Waals surface area contributed by atoms with Crippen molar-refractivity contribution in [1.82, 2.24) is 19.3 Å². The number of methoxy groups -OCH3 is 1. The summed E-state index contributed by atoms with van der Waals surface area (Å²) in [5, 5.41) is 2.88. The summed E-state index contributed by atoms with van der Waals surface area (Å²) < 4.78 is 9.45. The minimum Gasteiger partial charge on any atom is -0.496 e. The van der Waals surface area contributed by atoms with E-state index in [2.05, 4.69) is 10.3 Å². The number of nitrogens with zero attached hydrogens (tertiary/aromatic N) is 3. The smallest absolute Gasteiger partial charge is 0.257 e. The van der Waals surface area contributed by atoms with Gasteiger partial charge in [-0.3, -0.25) is 14.0 Å². The largest absolute Gasteiger partial charge is 0.496 e. The highest BCUT2D eigenvalue weighted by Crippen LogP contribution is 2.21. The van der Waals surface area contributed by atoms with Gasteiger partial charge in [0.15, 0.2) is 10.4 Å². The average Bonchev–Trinajstić information content (AvgIpc) is 3.30. The van der Waals surface area contributed by atoms with Crippen LogP contribution in [0.5, 0.6) is 5.75 Å². The lowest BCUT2D eigenvalue weighted by Crippen LogP contribution is -2.32. The van der Waals surface area contributed by atoms with Crippen LogP contribution in [0, 0.1) is 13.8 Å². The number of benzene rings is 1. The van der Waals surface area contributed by atoms with Gasteiger partial charge in [0.05, 0.1) is 25.9 Å². The quantitative estimate of drug-likeness (QED) is 0.466. The van der Waals surface area contributed by atoms with Crippen LogP contribution in [0.25, 0.3) is 4.96 Å². The maximum Gasteiger partial charge on any atom is 0.257 e. The van der Waals surface area contributed by atoms with Crippen LogP contribution in [-0.2, 0) is 19.5 Å². The van der Waals surface area contributed by atoms with E-state index in [4.69, 9.17) is 4.74 Å². The van der Waals surface area contributed by atoms with Gasteiger partial charge in [-0.25, -0.2) is 4.98 Å². The molecule has 1 amide bonds. The Morgan fingerprint density at radius 3 is 2.72 bits per heavy atom. The van der Waals surface area contributed by atoms with Crippen LogP contribution in [0.1, 0.15) is 44.8 Å². The first-order valence-electron chi connectivity index (χ1n) is 10.5. The zero-order valence-electron chi connectivity index (χ0n) is 18.6. The first kappa shape index (κ1) is 21.8. The van der Waals surface area contributed by atoms with Gasteiger partial charge < -0.3 is 14.6 Å². The number of aromatic nitrogens is 3. The Hall–Kier alpha value is -3.39. The Morgan fingerprint density at radius 1 is 1.22 bits per heavy atom. The molecule has 166 valence electrons. The van der Waals surface area contributed by atoms with Gasteiger partial charge in [-0.05, 0) is 26.3 Å². The Morgan fingerprint density at radius 2 is 2.00 bits per heavy atom. The van der Waals surface area contributed by atoms with Gasteiger partial charge >= 0.3 is 0 Å². The van der Waals surface area contributed by atoms with Crippen LogP contribution in [0.4, 0.5) is 0 Å². The molecule has 3 heterocycles. The number of amides is 1. The standard InChI is InChI=1S/C24H26N4O3S/c1-5-19-22(23(30)25-11-18-14-27-12-16(3)32-24(27)26-18)20(29)10-15(2)28(19)13-17-8-6-7-9-21(17)31-4/h6-10,12,14H,5,11,13H2,1-4H3,(H,25,30). The van der Waals surface area contributed by atoms with E-state index in [1.165, 1.54) is 10.9 Å². The number of pyridine rings is 1. The molecule has 0 radical (unpaired) electrons. The number of rotatable bonds is 7. The number of hydrogen-bond acceptors (Lipinski definition) is 5. The molecule has 0 saturated heterocycles. The second-order valence-electron chi connectivity index (χ2n) is 7.67. The van der Waals surface area contributed by atoms with E-state index in [0.29, 0.717) is 18.7 Å². The van der Waals surface area contributed by atoms with Crippen LogP contribution in [0.15, 0.2) is 47.5 Å². The molecule has 0 aliphatic carbocycles. The number of imidazole rings is 1. The maximum absolute atomic E-state index is 13.1. The fourth-order valence-corrected chi connectivity index (χ4v) is 4.80. The van der Waals surface area contributed by atoms with Crippen molar-refractivity contribution in [3.63, 3.8) is 0 Å². The highest BCUT2D eigenvalue weighted by atomic mass is 32.1. The first-order valence-corrected chi connectivity index (χ1v) is 11.3.